The molecule has 0 aliphatic rings. The largest absolute Gasteiger partial charge is 0.102 e. The second kappa shape index (κ2) is 16.3. The van der Waals surface area contributed by atoms with Crippen molar-refractivity contribution in [2.75, 3.05) is 0 Å². The molecular formula is C26H32ClNPRu+. The Balaban J connectivity index is 0.000000349. The summed E-state index contributed by atoms with van der Waals surface area (Å²) in [5, 5.41) is 4.31. The normalized spacial score (nSPS) is 10.4. The van der Waals surface area contributed by atoms with E-state index < -0.39 is 7.92 Å². The zero-order valence-electron chi connectivity index (χ0n) is 18.1. The minimum Gasteiger partial charge on any atom is -0.0620 e. The van der Waals surface area contributed by atoms with E-state index in [9.17, 15) is 0 Å². The fourth-order valence-electron chi connectivity index (χ4n) is 2.71. The Hall–Kier alpha value is -1.46. The maximum atomic E-state index is 4.57. The van der Waals surface area contributed by atoms with Crippen LogP contribution in [-0.2, 0) is 17.3 Å². The van der Waals surface area contributed by atoms with Gasteiger partial charge in [-0.1, -0.05) is 94.1 Å². The van der Waals surface area contributed by atoms with E-state index in [0.29, 0.717) is 11.8 Å². The number of aliphatic imine (C=N–C) groups is 1. The van der Waals surface area contributed by atoms with Gasteiger partial charge in [0.05, 0.1) is 7.92 Å². The predicted octanol–water partition coefficient (Wildman–Crippen LogP) is 6.40. The van der Waals surface area contributed by atoms with E-state index in [-0.39, 0.29) is 0 Å². The summed E-state index contributed by atoms with van der Waals surface area (Å²) in [5.41, 5.74) is 0. The average Bonchev–Trinajstić information content (AvgIpc) is 2.78. The first kappa shape index (κ1) is 26.6. The van der Waals surface area contributed by atoms with Crippen molar-refractivity contribution in [2.45, 2.75) is 27.7 Å². The van der Waals surface area contributed by atoms with Crippen LogP contribution in [0.15, 0.2) is 96.0 Å². The Kier molecular flexibility index (Phi) is 14.4. The third-order valence-corrected chi connectivity index (χ3v) is 6.69. The smallest absolute Gasteiger partial charge is 0.0620 e. The van der Waals surface area contributed by atoms with Crippen molar-refractivity contribution in [3.8, 4) is 0 Å². The van der Waals surface area contributed by atoms with E-state index in [1.54, 1.807) is 0 Å². The first-order chi connectivity index (χ1) is 14.6. The minimum absolute atomic E-state index is 0.569. The molecule has 0 saturated carbocycles. The number of hydrogen-bond acceptors (Lipinski definition) is 1. The molecule has 30 heavy (non-hydrogen) atoms. The molecule has 0 aromatic heterocycles. The number of halogens is 1. The van der Waals surface area contributed by atoms with Crippen LogP contribution in [0.2, 0.25) is 0 Å². The zero-order valence-corrected chi connectivity index (χ0v) is 21.6. The summed E-state index contributed by atoms with van der Waals surface area (Å²) in [6.45, 7) is 10.4. The fraction of sp³-hybridized carbons (Fsp3) is 0.231. The number of nitrogens with zero attached hydrogens (tertiary/aromatic N) is 1. The third kappa shape index (κ3) is 10.5. The molecule has 0 unspecified atom stereocenters. The molecule has 0 bridgehead atoms. The number of hydrogen-bond donors (Lipinski definition) is 0. The third-order valence-electron chi connectivity index (χ3n) is 3.96. The molecule has 0 N–H and O–H groups in total. The van der Waals surface area contributed by atoms with Gasteiger partial charge in [-0.25, -0.2) is 0 Å². The molecule has 4 heteroatoms. The van der Waals surface area contributed by atoms with Gasteiger partial charge in [0, 0.05) is 0 Å². The molecule has 3 aromatic carbocycles. The molecule has 160 valence electrons. The van der Waals surface area contributed by atoms with E-state index in [1.165, 1.54) is 15.9 Å². The zero-order chi connectivity index (χ0) is 22.2. The fourth-order valence-corrected chi connectivity index (χ4v) is 5.29. The molecule has 0 saturated heterocycles. The maximum Gasteiger partial charge on any atom is 0.102 e. The van der Waals surface area contributed by atoms with Crippen LogP contribution in [0.3, 0.4) is 0 Å². The van der Waals surface area contributed by atoms with Gasteiger partial charge in [-0.05, 0) is 36.4 Å². The number of rotatable bonds is 6. The summed E-state index contributed by atoms with van der Waals surface area (Å²) in [4.78, 5) is 4.12. The minimum atomic E-state index is -0.877. The molecule has 0 radical (unpaired) electrons. The molecule has 0 fully saturated rings. The van der Waals surface area contributed by atoms with Crippen LogP contribution in [0.25, 0.3) is 0 Å². The molecular weight excluding hydrogens is 494 g/mol. The molecule has 3 rings (SSSR count). The van der Waals surface area contributed by atoms with Gasteiger partial charge in [-0.3, -0.25) is 0 Å². The van der Waals surface area contributed by atoms with Gasteiger partial charge in [-0.15, -0.1) is 12.8 Å². The predicted molar refractivity (Wildman–Crippen MR) is 135 cm³/mol. The maximum absolute atomic E-state index is 4.57. The van der Waals surface area contributed by atoms with Crippen LogP contribution in [0.1, 0.15) is 27.7 Å². The Morgan fingerprint density at radius 2 is 1.03 bits per heavy atom. The van der Waals surface area contributed by atoms with Crippen LogP contribution in [0, 0.1) is 18.4 Å². The quantitative estimate of drug-likeness (QED) is 0.153. The van der Waals surface area contributed by atoms with Crippen LogP contribution in [0.4, 0.5) is 0 Å². The van der Waals surface area contributed by atoms with Gasteiger partial charge in [0.25, 0.3) is 0 Å². The molecule has 0 atom stereocenters. The molecule has 0 heterocycles. The summed E-state index contributed by atoms with van der Waals surface area (Å²) < 4.78 is 0. The van der Waals surface area contributed by atoms with E-state index in [1.807, 2.05) is 30.1 Å². The second-order valence-corrected chi connectivity index (χ2v) is 9.89. The van der Waals surface area contributed by atoms with Gasteiger partial charge in [0.1, 0.15) is 15.9 Å². The first-order valence-corrected chi connectivity index (χ1v) is 13.8. The van der Waals surface area contributed by atoms with Crippen molar-refractivity contribution in [3.05, 3.63) is 97.5 Å². The average molecular weight is 526 g/mol. The van der Waals surface area contributed by atoms with E-state index in [0.717, 1.165) is 0 Å². The summed E-state index contributed by atoms with van der Waals surface area (Å²) in [6, 6.07) is 32.5. The standard InChI is InChI=1S/C18H15P.C8H16N.ClH.Ru/c1-4-10-16(11-5-1)19(17-12-6-2-7-13-17)18-14-8-3-9-15-18;1-7(2)5-9-6-8(3)4;;/h1-15H;5-8H,1-4H3;1H;/q;-1;;+2. The molecule has 0 spiro atoms. The SMILES string of the molecule is CC(C)C=N[CH-]C(C)C.[Cl][Ru+].c1ccc([PH+](c2ccccc2)c2ccccc2)cc1. The Bertz CT molecular complexity index is 714. The van der Waals surface area contributed by atoms with E-state index >= 15 is 0 Å². The first-order valence-electron chi connectivity index (χ1n) is 10.1. The topological polar surface area (TPSA) is 12.4 Å². The van der Waals surface area contributed by atoms with E-state index in [2.05, 4.69) is 133 Å². The summed E-state index contributed by atoms with van der Waals surface area (Å²) in [6.07, 6.45) is 1.96. The van der Waals surface area contributed by atoms with Crippen molar-refractivity contribution < 1.29 is 17.3 Å². The van der Waals surface area contributed by atoms with Crippen LogP contribution < -0.4 is 15.9 Å². The van der Waals surface area contributed by atoms with Crippen molar-refractivity contribution in [1.29, 1.82) is 0 Å². The van der Waals surface area contributed by atoms with Gasteiger partial charge < -0.3 is 4.99 Å². The van der Waals surface area contributed by atoms with Crippen molar-refractivity contribution in [1.82, 2.24) is 0 Å². The van der Waals surface area contributed by atoms with Crippen LogP contribution in [-0.4, -0.2) is 6.21 Å². The summed E-state index contributed by atoms with van der Waals surface area (Å²) >= 11 is 1.82. The monoisotopic (exact) mass is 526 g/mol. The van der Waals surface area contributed by atoms with Gasteiger partial charge >= 0.3 is 27.0 Å². The number of benzene rings is 3. The summed E-state index contributed by atoms with van der Waals surface area (Å²) in [7, 11) is 3.69. The van der Waals surface area contributed by atoms with Crippen LogP contribution in [0.5, 0.6) is 0 Å². The second-order valence-electron chi connectivity index (χ2n) is 7.41. The van der Waals surface area contributed by atoms with E-state index in [4.69, 9.17) is 0 Å². The summed E-state index contributed by atoms with van der Waals surface area (Å²) in [5.74, 6) is 1.14. The Labute approximate surface area is 198 Å². The van der Waals surface area contributed by atoms with Crippen molar-refractivity contribution in [3.63, 3.8) is 0 Å². The van der Waals surface area contributed by atoms with Crippen molar-refractivity contribution >= 4 is 39.7 Å². The molecule has 0 aliphatic heterocycles. The van der Waals surface area contributed by atoms with Crippen molar-refractivity contribution in [2.24, 2.45) is 16.8 Å². The van der Waals surface area contributed by atoms with Gasteiger partial charge in [0.2, 0.25) is 0 Å². The van der Waals surface area contributed by atoms with Gasteiger partial charge in [0.15, 0.2) is 0 Å². The molecule has 3 aromatic rings. The Morgan fingerprint density at radius 3 is 1.30 bits per heavy atom. The molecule has 0 amide bonds. The molecule has 1 nitrogen and oxygen atoms in total. The molecule has 0 aliphatic carbocycles. The van der Waals surface area contributed by atoms with Crippen LogP contribution >= 0.6 is 17.6 Å². The van der Waals surface area contributed by atoms with Gasteiger partial charge in [-0.2, -0.15) is 0 Å². The Morgan fingerprint density at radius 1 is 0.700 bits per heavy atom.